The van der Waals surface area contributed by atoms with Crippen LogP contribution in [0.1, 0.15) is 76.7 Å². The van der Waals surface area contributed by atoms with Crippen LogP contribution in [0, 0.1) is 6.92 Å². The average Bonchev–Trinajstić information content (AvgIpc) is 3.36. The lowest BCUT2D eigenvalue weighted by molar-refractivity contribution is 0.282. The van der Waals surface area contributed by atoms with Crippen LogP contribution in [-0.2, 0) is 19.0 Å². The first kappa shape index (κ1) is 21.4. The fourth-order valence-electron chi connectivity index (χ4n) is 3.21. The molecular formula is C21H34O4S. The summed E-state index contributed by atoms with van der Waals surface area (Å²) in [5.41, 5.74) is 1.03. The van der Waals surface area contributed by atoms with E-state index in [0.29, 0.717) is 12.5 Å². The van der Waals surface area contributed by atoms with Crippen LogP contribution >= 0.6 is 0 Å². The molecule has 2 rings (SSSR count). The molecule has 0 aliphatic carbocycles. The quantitative estimate of drug-likeness (QED) is 0.246. The molecule has 0 aromatic heterocycles. The van der Waals surface area contributed by atoms with Crippen molar-refractivity contribution in [1.29, 1.82) is 0 Å². The second-order valence-electron chi connectivity index (χ2n) is 7.35. The summed E-state index contributed by atoms with van der Waals surface area (Å²) in [6.07, 6.45) is 12.8. The average molecular weight is 383 g/mol. The molecule has 26 heavy (non-hydrogen) atoms. The normalized spacial score (nSPS) is 19.6. The Balaban J connectivity index is 1.51. The molecule has 0 bridgehead atoms. The second kappa shape index (κ2) is 11.1. The standard InChI is InChI=1S/C21H34O4S/c1-3-4-5-6-7-8-9-10-11-20-21(25-20)16-17-24-26(22,23)19-14-12-18(2)13-15-19/h12-15,20-21H,3-11,16-17H2,1-2H3/t20-,21+/m0/s1. The van der Waals surface area contributed by atoms with Gasteiger partial charge in [0.05, 0.1) is 23.7 Å². The number of unbranched alkanes of at least 4 members (excludes halogenated alkanes) is 7. The highest BCUT2D eigenvalue weighted by molar-refractivity contribution is 7.86. The van der Waals surface area contributed by atoms with Crippen LogP contribution < -0.4 is 0 Å². The highest BCUT2D eigenvalue weighted by Gasteiger charge is 2.37. The summed E-state index contributed by atoms with van der Waals surface area (Å²) in [5, 5.41) is 0. The number of ether oxygens (including phenoxy) is 1. The van der Waals surface area contributed by atoms with Crippen LogP contribution in [0.3, 0.4) is 0 Å². The van der Waals surface area contributed by atoms with Gasteiger partial charge in [-0.1, -0.05) is 76.0 Å². The summed E-state index contributed by atoms with van der Waals surface area (Å²) in [4.78, 5) is 0.218. The predicted molar refractivity (Wildman–Crippen MR) is 105 cm³/mol. The molecule has 5 heteroatoms. The Kier molecular flexibility index (Phi) is 9.09. The molecule has 1 aliphatic rings. The summed E-state index contributed by atoms with van der Waals surface area (Å²) in [7, 11) is -3.65. The SMILES string of the molecule is CCCCCCCCCC[C@@H]1O[C@@H]1CCOS(=O)(=O)c1ccc(C)cc1. The zero-order valence-corrected chi connectivity index (χ0v) is 17.1. The van der Waals surface area contributed by atoms with E-state index in [1.165, 1.54) is 51.4 Å². The highest BCUT2D eigenvalue weighted by atomic mass is 32.2. The maximum Gasteiger partial charge on any atom is 0.296 e. The van der Waals surface area contributed by atoms with Gasteiger partial charge in [0.2, 0.25) is 0 Å². The lowest BCUT2D eigenvalue weighted by Gasteiger charge is -2.05. The lowest BCUT2D eigenvalue weighted by Crippen LogP contribution is -2.09. The molecule has 0 saturated carbocycles. The first-order valence-electron chi connectivity index (χ1n) is 10.1. The van der Waals surface area contributed by atoms with Gasteiger partial charge < -0.3 is 4.74 Å². The van der Waals surface area contributed by atoms with Crippen LogP contribution in [-0.4, -0.2) is 27.2 Å². The van der Waals surface area contributed by atoms with Crippen molar-refractivity contribution in [3.05, 3.63) is 29.8 Å². The molecule has 0 N–H and O–H groups in total. The molecule has 2 atom stereocenters. The van der Waals surface area contributed by atoms with E-state index in [1.807, 2.05) is 6.92 Å². The van der Waals surface area contributed by atoms with Gasteiger partial charge in [-0.25, -0.2) is 0 Å². The van der Waals surface area contributed by atoms with E-state index < -0.39 is 10.1 Å². The van der Waals surface area contributed by atoms with E-state index in [-0.39, 0.29) is 17.6 Å². The van der Waals surface area contributed by atoms with Gasteiger partial charge in [-0.15, -0.1) is 0 Å². The van der Waals surface area contributed by atoms with Crippen molar-refractivity contribution in [2.75, 3.05) is 6.61 Å². The lowest BCUT2D eigenvalue weighted by atomic mass is 10.1. The predicted octanol–water partition coefficient (Wildman–Crippen LogP) is 5.39. The van der Waals surface area contributed by atoms with Gasteiger partial charge in [-0.2, -0.15) is 8.42 Å². The van der Waals surface area contributed by atoms with Crippen molar-refractivity contribution in [3.63, 3.8) is 0 Å². The molecule has 1 saturated heterocycles. The summed E-state index contributed by atoms with van der Waals surface area (Å²) in [6, 6.07) is 6.73. The molecule has 0 spiro atoms. The largest absolute Gasteiger partial charge is 0.369 e. The summed E-state index contributed by atoms with van der Waals surface area (Å²) in [6.45, 7) is 4.36. The molecule has 4 nitrogen and oxygen atoms in total. The summed E-state index contributed by atoms with van der Waals surface area (Å²) >= 11 is 0. The fourth-order valence-corrected chi connectivity index (χ4v) is 4.13. The Morgan fingerprint density at radius 1 is 0.885 bits per heavy atom. The van der Waals surface area contributed by atoms with Gasteiger partial charge in [0, 0.05) is 6.42 Å². The third kappa shape index (κ3) is 7.77. The van der Waals surface area contributed by atoms with Gasteiger partial charge in [-0.3, -0.25) is 4.18 Å². The molecular weight excluding hydrogens is 348 g/mol. The maximum absolute atomic E-state index is 12.1. The summed E-state index contributed by atoms with van der Waals surface area (Å²) < 4.78 is 35.0. The topological polar surface area (TPSA) is 55.9 Å². The van der Waals surface area contributed by atoms with Gasteiger partial charge >= 0.3 is 0 Å². The van der Waals surface area contributed by atoms with Gasteiger partial charge in [0.25, 0.3) is 10.1 Å². The van der Waals surface area contributed by atoms with Crippen LogP contribution in [0.2, 0.25) is 0 Å². The minimum atomic E-state index is -3.65. The van der Waals surface area contributed by atoms with Gasteiger partial charge in [0.1, 0.15) is 0 Å². The minimum absolute atomic E-state index is 0.174. The molecule has 1 fully saturated rings. The highest BCUT2D eigenvalue weighted by Crippen LogP contribution is 2.30. The number of rotatable bonds is 14. The van der Waals surface area contributed by atoms with Crippen molar-refractivity contribution in [1.82, 2.24) is 0 Å². The monoisotopic (exact) mass is 382 g/mol. The van der Waals surface area contributed by atoms with E-state index in [2.05, 4.69) is 6.92 Å². The Morgan fingerprint density at radius 2 is 1.46 bits per heavy atom. The Hall–Kier alpha value is -0.910. The van der Waals surface area contributed by atoms with Crippen LogP contribution in [0.25, 0.3) is 0 Å². The maximum atomic E-state index is 12.1. The van der Waals surface area contributed by atoms with Crippen molar-refractivity contribution in [2.45, 2.75) is 95.2 Å². The first-order valence-corrected chi connectivity index (χ1v) is 11.6. The summed E-state index contributed by atoms with van der Waals surface area (Å²) in [5.74, 6) is 0. The van der Waals surface area contributed by atoms with E-state index in [9.17, 15) is 8.42 Å². The Labute approximate surface area is 159 Å². The molecule has 1 aromatic rings. The number of hydrogen-bond donors (Lipinski definition) is 0. The zero-order valence-electron chi connectivity index (χ0n) is 16.3. The molecule has 148 valence electrons. The Bertz CT molecular complexity index is 609. The smallest absolute Gasteiger partial charge is 0.296 e. The molecule has 1 heterocycles. The molecule has 1 aliphatic heterocycles. The minimum Gasteiger partial charge on any atom is -0.369 e. The van der Waals surface area contributed by atoms with Crippen molar-refractivity contribution >= 4 is 10.1 Å². The van der Waals surface area contributed by atoms with Crippen molar-refractivity contribution in [2.24, 2.45) is 0 Å². The van der Waals surface area contributed by atoms with E-state index in [1.54, 1.807) is 24.3 Å². The third-order valence-corrected chi connectivity index (χ3v) is 6.31. The molecule has 1 aromatic carbocycles. The van der Waals surface area contributed by atoms with Crippen LogP contribution in [0.5, 0.6) is 0 Å². The zero-order chi connectivity index (χ0) is 18.8. The fraction of sp³-hybridized carbons (Fsp3) is 0.714. The third-order valence-electron chi connectivity index (χ3n) is 4.98. The van der Waals surface area contributed by atoms with Crippen LogP contribution in [0.4, 0.5) is 0 Å². The number of benzene rings is 1. The van der Waals surface area contributed by atoms with Gasteiger partial charge in [-0.05, 0) is 25.5 Å². The van der Waals surface area contributed by atoms with E-state index >= 15 is 0 Å². The molecule has 0 amide bonds. The number of aryl methyl sites for hydroxylation is 1. The number of hydrogen-bond acceptors (Lipinski definition) is 4. The second-order valence-corrected chi connectivity index (χ2v) is 8.97. The van der Waals surface area contributed by atoms with E-state index in [4.69, 9.17) is 8.92 Å². The Morgan fingerprint density at radius 3 is 2.12 bits per heavy atom. The van der Waals surface area contributed by atoms with Gasteiger partial charge in [0.15, 0.2) is 0 Å². The first-order chi connectivity index (χ1) is 12.5. The molecule has 0 radical (unpaired) electrons. The molecule has 0 unspecified atom stereocenters. The van der Waals surface area contributed by atoms with Crippen molar-refractivity contribution < 1.29 is 17.3 Å². The van der Waals surface area contributed by atoms with E-state index in [0.717, 1.165) is 12.0 Å². The van der Waals surface area contributed by atoms with Crippen LogP contribution in [0.15, 0.2) is 29.2 Å². The number of epoxide rings is 1. The van der Waals surface area contributed by atoms with Crippen molar-refractivity contribution in [3.8, 4) is 0 Å².